The van der Waals surface area contributed by atoms with Gasteiger partial charge in [-0.3, -0.25) is 0 Å². The number of hydrogen-bond acceptors (Lipinski definition) is 3. The van der Waals surface area contributed by atoms with Crippen LogP contribution in [0.1, 0.15) is 45.1 Å². The van der Waals surface area contributed by atoms with Crippen molar-refractivity contribution >= 4 is 95.1 Å². The van der Waals surface area contributed by atoms with E-state index in [0.29, 0.717) is 0 Å². The van der Waals surface area contributed by atoms with Crippen LogP contribution in [0.25, 0.3) is 33.4 Å². The monoisotopic (exact) mass is 991 g/mol. The first kappa shape index (κ1) is 46.7. The third kappa shape index (κ3) is 7.34. The maximum atomic E-state index is 2.90. The van der Waals surface area contributed by atoms with E-state index < -0.39 is 16.1 Å². The molecule has 0 radical (unpaired) electrons. The summed E-state index contributed by atoms with van der Waals surface area (Å²) in [7, 11) is -3.14. The van der Waals surface area contributed by atoms with Gasteiger partial charge in [-0.15, -0.1) is 0 Å². The molecule has 1 aliphatic carbocycles. The summed E-state index contributed by atoms with van der Waals surface area (Å²) in [6, 6.07) is 79.2. The number of benzene rings is 9. The van der Waals surface area contributed by atoms with Crippen LogP contribution in [0.3, 0.4) is 0 Å². The predicted octanol–water partition coefficient (Wildman–Crippen LogP) is 15.6. The van der Waals surface area contributed by atoms with E-state index in [1.807, 2.05) is 0 Å². The van der Waals surface area contributed by atoms with E-state index in [2.05, 4.69) is 274 Å². The lowest BCUT2D eigenvalue weighted by atomic mass is 9.33. The van der Waals surface area contributed by atoms with Gasteiger partial charge in [-0.1, -0.05) is 215 Å². The standard InChI is InChI=1S/C68H66BN3Si2/c1-67-40-18-19-41-68(67,2)72-64-46-56(70(53-31-35-57(36-32-53)73(3,4)5)54-33-37-58(38-34-54)74(6,7)8)45-63-65(64)69(61-44-52(42-59(67)66(61)72)49-24-16-11-17-25-49)60-43-51(48-22-14-10-15-23-48)28-39-62(60)71(63)55-29-26-50(27-30-55)47-20-12-9-13-21-47/h9-17,20-39,42-46H,18-19,40-41H2,1-8H3. The van der Waals surface area contributed by atoms with Crippen molar-refractivity contribution < 1.29 is 0 Å². The Hall–Kier alpha value is -7.12. The minimum absolute atomic E-state index is 0.0194. The molecule has 3 heterocycles. The van der Waals surface area contributed by atoms with Gasteiger partial charge in [0, 0.05) is 45.2 Å². The molecule has 4 aliphatic rings. The Morgan fingerprint density at radius 1 is 0.432 bits per heavy atom. The van der Waals surface area contributed by atoms with Crippen molar-refractivity contribution in [1.82, 2.24) is 0 Å². The minimum atomic E-state index is -1.57. The van der Waals surface area contributed by atoms with E-state index >= 15 is 0 Å². The van der Waals surface area contributed by atoms with Crippen LogP contribution in [-0.4, -0.2) is 28.4 Å². The van der Waals surface area contributed by atoms with Gasteiger partial charge in [0.05, 0.1) is 27.4 Å². The van der Waals surface area contributed by atoms with Gasteiger partial charge in [-0.05, 0) is 136 Å². The fourth-order valence-corrected chi connectivity index (χ4v) is 15.8. The number of hydrogen-bond donors (Lipinski definition) is 0. The quantitative estimate of drug-likeness (QED) is 0.133. The van der Waals surface area contributed by atoms with Crippen LogP contribution in [0.2, 0.25) is 39.3 Å². The van der Waals surface area contributed by atoms with Gasteiger partial charge in [0.2, 0.25) is 0 Å². The van der Waals surface area contributed by atoms with E-state index in [9.17, 15) is 0 Å². The Labute approximate surface area is 442 Å². The highest BCUT2D eigenvalue weighted by Gasteiger charge is 2.61. The molecule has 0 N–H and O–H groups in total. The van der Waals surface area contributed by atoms with Crippen LogP contribution in [0, 0.1) is 0 Å². The molecule has 3 nitrogen and oxygen atoms in total. The first-order chi connectivity index (χ1) is 35.7. The molecule has 9 aromatic carbocycles. The first-order valence-electron chi connectivity index (χ1n) is 27.1. The van der Waals surface area contributed by atoms with Crippen LogP contribution in [-0.2, 0) is 5.41 Å². The molecule has 13 rings (SSSR count). The molecular formula is C68H66BN3Si2. The summed E-state index contributed by atoms with van der Waals surface area (Å²) >= 11 is 0. The molecule has 2 atom stereocenters. The van der Waals surface area contributed by atoms with Crippen LogP contribution < -0.4 is 41.5 Å². The predicted molar refractivity (Wildman–Crippen MR) is 326 cm³/mol. The summed E-state index contributed by atoms with van der Waals surface area (Å²) in [5.74, 6) is 0. The highest BCUT2D eigenvalue weighted by atomic mass is 28.3. The molecule has 3 aliphatic heterocycles. The lowest BCUT2D eigenvalue weighted by Gasteiger charge is -2.53. The second-order valence-electron chi connectivity index (χ2n) is 24.1. The molecule has 74 heavy (non-hydrogen) atoms. The summed E-state index contributed by atoms with van der Waals surface area (Å²) in [6.07, 6.45) is 4.73. The van der Waals surface area contributed by atoms with Crippen molar-refractivity contribution in [3.8, 4) is 33.4 Å². The van der Waals surface area contributed by atoms with Gasteiger partial charge in [-0.2, -0.15) is 0 Å². The van der Waals surface area contributed by atoms with Crippen molar-refractivity contribution in [2.75, 3.05) is 14.7 Å². The molecule has 9 aromatic rings. The van der Waals surface area contributed by atoms with Gasteiger partial charge < -0.3 is 14.7 Å². The summed E-state index contributed by atoms with van der Waals surface area (Å²) < 4.78 is 0. The highest BCUT2D eigenvalue weighted by molar-refractivity contribution is 7.00. The summed E-state index contributed by atoms with van der Waals surface area (Å²) in [6.45, 7) is 19.9. The zero-order chi connectivity index (χ0) is 50.7. The fourth-order valence-electron chi connectivity index (χ4n) is 13.4. The van der Waals surface area contributed by atoms with E-state index in [-0.39, 0.29) is 17.7 Å². The zero-order valence-electron chi connectivity index (χ0n) is 44.4. The van der Waals surface area contributed by atoms with Crippen LogP contribution in [0.5, 0.6) is 0 Å². The number of nitrogens with zero attached hydrogens (tertiary/aromatic N) is 3. The van der Waals surface area contributed by atoms with Gasteiger partial charge in [0.25, 0.3) is 6.71 Å². The molecule has 0 saturated heterocycles. The van der Waals surface area contributed by atoms with Crippen molar-refractivity contribution in [2.24, 2.45) is 0 Å². The molecule has 0 bridgehead atoms. The molecule has 0 aromatic heterocycles. The lowest BCUT2D eigenvalue weighted by Crippen LogP contribution is -2.64. The van der Waals surface area contributed by atoms with Gasteiger partial charge in [0.1, 0.15) is 0 Å². The fraction of sp³-hybridized carbons (Fsp3) is 0.206. The third-order valence-electron chi connectivity index (χ3n) is 17.7. The average Bonchev–Trinajstić information content (AvgIpc) is 3.69. The topological polar surface area (TPSA) is 9.72 Å². The summed E-state index contributed by atoms with van der Waals surface area (Å²) in [4.78, 5) is 8.07. The van der Waals surface area contributed by atoms with Crippen LogP contribution >= 0.6 is 0 Å². The Morgan fingerprint density at radius 3 is 1.49 bits per heavy atom. The Balaban J connectivity index is 1.14. The molecule has 6 heteroatoms. The number of fused-ring (bicyclic) bond motifs is 7. The largest absolute Gasteiger partial charge is 0.335 e. The lowest BCUT2D eigenvalue weighted by molar-refractivity contribution is 0.195. The SMILES string of the molecule is CC12CCCCC1(C)N1c3cc(N(c4ccc([Si](C)(C)C)cc4)c4ccc([Si](C)(C)C)cc4)cc4c3B(c3cc(-c5ccccc5)ccc3N4c3ccc(-c4ccccc4)cc3)c3cc(-c4ccccc4)cc2c31. The van der Waals surface area contributed by atoms with E-state index in [1.165, 1.54) is 118 Å². The molecule has 0 spiro atoms. The Kier molecular flexibility index (Phi) is 10.9. The highest BCUT2D eigenvalue weighted by Crippen LogP contribution is 2.63. The van der Waals surface area contributed by atoms with Crippen molar-refractivity contribution in [1.29, 1.82) is 0 Å². The maximum absolute atomic E-state index is 2.90. The second kappa shape index (κ2) is 17.2. The van der Waals surface area contributed by atoms with Crippen molar-refractivity contribution in [2.45, 2.75) is 89.8 Å². The van der Waals surface area contributed by atoms with Crippen LogP contribution in [0.15, 0.2) is 206 Å². The maximum Gasteiger partial charge on any atom is 0.252 e. The average molecular weight is 992 g/mol. The number of rotatable bonds is 9. The molecule has 1 saturated carbocycles. The zero-order valence-corrected chi connectivity index (χ0v) is 46.4. The number of anilines is 8. The Bertz CT molecular complexity index is 3550. The van der Waals surface area contributed by atoms with Crippen molar-refractivity contribution in [3.05, 3.63) is 212 Å². The van der Waals surface area contributed by atoms with Crippen molar-refractivity contribution in [3.63, 3.8) is 0 Å². The molecule has 364 valence electrons. The van der Waals surface area contributed by atoms with E-state index in [4.69, 9.17) is 0 Å². The normalized spacial score (nSPS) is 18.4. The van der Waals surface area contributed by atoms with E-state index in [0.717, 1.165) is 18.5 Å². The molecule has 1 fully saturated rings. The van der Waals surface area contributed by atoms with E-state index in [1.54, 1.807) is 0 Å². The van der Waals surface area contributed by atoms with Gasteiger partial charge in [-0.25, -0.2) is 0 Å². The van der Waals surface area contributed by atoms with Crippen LogP contribution in [0.4, 0.5) is 45.5 Å². The molecule has 0 amide bonds. The second-order valence-corrected chi connectivity index (χ2v) is 34.3. The molecular weight excluding hydrogens is 926 g/mol. The smallest absolute Gasteiger partial charge is 0.252 e. The van der Waals surface area contributed by atoms with Gasteiger partial charge in [0.15, 0.2) is 0 Å². The summed E-state index contributed by atoms with van der Waals surface area (Å²) in [5.41, 5.74) is 22.8. The van der Waals surface area contributed by atoms with Gasteiger partial charge >= 0.3 is 0 Å². The minimum Gasteiger partial charge on any atom is -0.335 e. The Morgan fingerprint density at radius 2 is 0.919 bits per heavy atom. The molecule has 2 unspecified atom stereocenters. The summed E-state index contributed by atoms with van der Waals surface area (Å²) in [5, 5.41) is 2.94. The first-order valence-corrected chi connectivity index (χ1v) is 34.1. The third-order valence-corrected chi connectivity index (χ3v) is 21.8.